The molecule has 2 aromatic heterocycles. The molecule has 1 saturated heterocycles. The Kier molecular flexibility index (Phi) is 7.91. The molecule has 0 atom stereocenters. The second-order valence-electron chi connectivity index (χ2n) is 7.34. The molecule has 0 saturated carbocycles. The molecule has 0 spiro atoms. The van der Waals surface area contributed by atoms with E-state index in [0.717, 1.165) is 43.3 Å². The van der Waals surface area contributed by atoms with Crippen LogP contribution >= 0.6 is 11.3 Å². The van der Waals surface area contributed by atoms with E-state index in [4.69, 9.17) is 4.52 Å². The summed E-state index contributed by atoms with van der Waals surface area (Å²) in [6, 6.07) is 4.37. The van der Waals surface area contributed by atoms with Crippen molar-refractivity contribution in [3.05, 3.63) is 39.4 Å². The van der Waals surface area contributed by atoms with Crippen molar-refractivity contribution in [3.8, 4) is 0 Å². The van der Waals surface area contributed by atoms with Crippen LogP contribution in [0.5, 0.6) is 0 Å². The third-order valence-corrected chi connectivity index (χ3v) is 6.35. The van der Waals surface area contributed by atoms with Gasteiger partial charge in [-0.25, -0.2) is 0 Å². The second kappa shape index (κ2) is 10.6. The third-order valence-electron chi connectivity index (χ3n) is 5.49. The zero-order valence-electron chi connectivity index (χ0n) is 17.3. The number of aliphatic imine (C=N–C) groups is 1. The molecule has 7 heteroatoms. The summed E-state index contributed by atoms with van der Waals surface area (Å²) < 4.78 is 5.45. The van der Waals surface area contributed by atoms with Crippen LogP contribution in [0.1, 0.15) is 48.6 Å². The number of hydrogen-bond acceptors (Lipinski definition) is 5. The van der Waals surface area contributed by atoms with Crippen molar-refractivity contribution < 1.29 is 4.52 Å². The average molecular weight is 404 g/mol. The van der Waals surface area contributed by atoms with Gasteiger partial charge in [0.05, 0.1) is 5.69 Å². The first-order chi connectivity index (χ1) is 13.7. The van der Waals surface area contributed by atoms with Crippen molar-refractivity contribution >= 4 is 17.3 Å². The maximum atomic E-state index is 5.45. The van der Waals surface area contributed by atoms with E-state index in [1.54, 1.807) is 0 Å². The van der Waals surface area contributed by atoms with Gasteiger partial charge in [0.2, 0.25) is 0 Å². The van der Waals surface area contributed by atoms with Gasteiger partial charge < -0.3 is 15.2 Å². The lowest BCUT2D eigenvalue weighted by Crippen LogP contribution is -2.42. The fraction of sp³-hybridized carbons (Fsp3) is 0.619. The molecule has 0 bridgehead atoms. The molecule has 2 N–H and O–H groups in total. The lowest BCUT2D eigenvalue weighted by Gasteiger charge is -2.32. The number of nitrogens with zero attached hydrogens (tertiary/aromatic N) is 3. The van der Waals surface area contributed by atoms with E-state index in [-0.39, 0.29) is 0 Å². The molecule has 6 nitrogen and oxygen atoms in total. The molecular formula is C21H33N5OS. The predicted molar refractivity (Wildman–Crippen MR) is 116 cm³/mol. The van der Waals surface area contributed by atoms with E-state index in [9.17, 15) is 0 Å². The van der Waals surface area contributed by atoms with Crippen LogP contribution in [0, 0.1) is 5.92 Å². The van der Waals surface area contributed by atoms with Crippen molar-refractivity contribution in [2.24, 2.45) is 10.9 Å². The summed E-state index contributed by atoms with van der Waals surface area (Å²) in [6.45, 7) is 9.33. The van der Waals surface area contributed by atoms with Gasteiger partial charge in [-0.05, 0) is 49.7 Å². The lowest BCUT2D eigenvalue weighted by molar-refractivity contribution is 0.179. The van der Waals surface area contributed by atoms with Gasteiger partial charge in [0.25, 0.3) is 0 Å². The van der Waals surface area contributed by atoms with Gasteiger partial charge in [0.1, 0.15) is 5.76 Å². The van der Waals surface area contributed by atoms with Gasteiger partial charge in [-0.15, -0.1) is 11.3 Å². The molecule has 1 fully saturated rings. The van der Waals surface area contributed by atoms with Crippen LogP contribution in [0.15, 0.2) is 27.0 Å². The Morgan fingerprint density at radius 1 is 1.29 bits per heavy atom. The summed E-state index contributed by atoms with van der Waals surface area (Å²) in [7, 11) is 1.83. The largest absolute Gasteiger partial charge is 0.361 e. The van der Waals surface area contributed by atoms with Crippen LogP contribution in [0.25, 0.3) is 0 Å². The molecule has 154 valence electrons. The molecule has 1 aliphatic heterocycles. The van der Waals surface area contributed by atoms with Crippen LogP contribution in [-0.4, -0.2) is 42.7 Å². The van der Waals surface area contributed by atoms with Crippen LogP contribution < -0.4 is 10.6 Å². The zero-order chi connectivity index (χ0) is 19.8. The fourth-order valence-electron chi connectivity index (χ4n) is 3.74. The molecule has 28 heavy (non-hydrogen) atoms. The zero-order valence-corrected chi connectivity index (χ0v) is 18.1. The quantitative estimate of drug-likeness (QED) is 0.522. The molecule has 0 radical (unpaired) electrons. The Balaban J connectivity index is 1.41. The Hall–Kier alpha value is -1.86. The first-order valence-corrected chi connectivity index (χ1v) is 11.3. The smallest absolute Gasteiger partial charge is 0.191 e. The monoisotopic (exact) mass is 403 g/mol. The van der Waals surface area contributed by atoms with Gasteiger partial charge in [-0.2, -0.15) is 0 Å². The molecule has 0 aromatic carbocycles. The molecule has 0 unspecified atom stereocenters. The molecule has 2 aromatic rings. The fourth-order valence-corrected chi connectivity index (χ4v) is 4.49. The predicted octanol–water partition coefficient (Wildman–Crippen LogP) is 3.44. The maximum absolute atomic E-state index is 5.45. The van der Waals surface area contributed by atoms with Crippen molar-refractivity contribution in [3.63, 3.8) is 0 Å². The standard InChI is InChI=1S/C21H33N5OS/c1-4-19-18(20(5-2)27-25-19)14-24-21(22-3)23-13-16-8-10-26(11-9-16)15-17-7-6-12-28-17/h6-7,12,16H,4-5,8-11,13-15H2,1-3H3,(H2,22,23,24). The summed E-state index contributed by atoms with van der Waals surface area (Å²) in [5, 5.41) is 13.3. The first-order valence-electron chi connectivity index (χ1n) is 10.4. The van der Waals surface area contributed by atoms with Crippen LogP contribution in [0.3, 0.4) is 0 Å². The van der Waals surface area contributed by atoms with E-state index in [2.05, 4.69) is 57.0 Å². The summed E-state index contributed by atoms with van der Waals surface area (Å²) in [5.74, 6) is 2.52. The van der Waals surface area contributed by atoms with Gasteiger partial charge >= 0.3 is 0 Å². The summed E-state index contributed by atoms with van der Waals surface area (Å²) in [5.41, 5.74) is 2.22. The number of rotatable bonds is 8. The van der Waals surface area contributed by atoms with Crippen molar-refractivity contribution in [2.75, 3.05) is 26.7 Å². The van der Waals surface area contributed by atoms with E-state index >= 15 is 0 Å². The van der Waals surface area contributed by atoms with Crippen molar-refractivity contribution in [1.82, 2.24) is 20.7 Å². The second-order valence-corrected chi connectivity index (χ2v) is 8.38. The normalized spacial score (nSPS) is 16.5. The average Bonchev–Trinajstić information content (AvgIpc) is 3.38. The Bertz CT molecular complexity index is 711. The highest BCUT2D eigenvalue weighted by Crippen LogP contribution is 2.20. The number of guanidine groups is 1. The minimum Gasteiger partial charge on any atom is -0.361 e. The molecule has 3 rings (SSSR count). The highest BCUT2D eigenvalue weighted by molar-refractivity contribution is 7.09. The molecule has 1 aliphatic rings. The van der Waals surface area contributed by atoms with E-state index in [0.29, 0.717) is 12.5 Å². The van der Waals surface area contributed by atoms with Gasteiger partial charge in [-0.3, -0.25) is 9.89 Å². The number of aryl methyl sites for hydroxylation is 2. The minimum atomic E-state index is 0.700. The first kappa shape index (κ1) is 20.9. The SMILES string of the molecule is CCc1noc(CC)c1CNC(=NC)NCC1CCN(Cc2cccs2)CC1. The Morgan fingerprint density at radius 2 is 2.11 bits per heavy atom. The maximum Gasteiger partial charge on any atom is 0.191 e. The van der Waals surface area contributed by atoms with Crippen LogP contribution in [0.4, 0.5) is 0 Å². The topological polar surface area (TPSA) is 65.7 Å². The molecule has 0 aliphatic carbocycles. The highest BCUT2D eigenvalue weighted by atomic mass is 32.1. The number of thiophene rings is 1. The Labute approximate surface area is 172 Å². The third kappa shape index (κ3) is 5.58. The van der Waals surface area contributed by atoms with E-state index < -0.39 is 0 Å². The summed E-state index contributed by atoms with van der Waals surface area (Å²) >= 11 is 1.85. The summed E-state index contributed by atoms with van der Waals surface area (Å²) in [4.78, 5) is 8.42. The van der Waals surface area contributed by atoms with E-state index in [1.807, 2.05) is 18.4 Å². The van der Waals surface area contributed by atoms with Crippen LogP contribution in [0.2, 0.25) is 0 Å². The van der Waals surface area contributed by atoms with Crippen LogP contribution in [-0.2, 0) is 25.9 Å². The number of nitrogens with one attached hydrogen (secondary N) is 2. The van der Waals surface area contributed by atoms with Gasteiger partial charge in [0.15, 0.2) is 5.96 Å². The number of hydrogen-bond donors (Lipinski definition) is 2. The molecular weight excluding hydrogens is 370 g/mol. The number of aromatic nitrogens is 1. The number of piperidine rings is 1. The Morgan fingerprint density at radius 3 is 2.75 bits per heavy atom. The molecule has 0 amide bonds. The van der Waals surface area contributed by atoms with Crippen molar-refractivity contribution in [2.45, 2.75) is 52.6 Å². The summed E-state index contributed by atoms with van der Waals surface area (Å²) in [6.07, 6.45) is 4.22. The highest BCUT2D eigenvalue weighted by Gasteiger charge is 2.20. The van der Waals surface area contributed by atoms with E-state index in [1.165, 1.54) is 36.4 Å². The number of likely N-dealkylation sites (tertiary alicyclic amines) is 1. The van der Waals surface area contributed by atoms with Gasteiger partial charge in [0, 0.05) is 43.5 Å². The van der Waals surface area contributed by atoms with Gasteiger partial charge in [-0.1, -0.05) is 25.1 Å². The molecule has 3 heterocycles. The van der Waals surface area contributed by atoms with Crippen molar-refractivity contribution in [1.29, 1.82) is 0 Å². The minimum absolute atomic E-state index is 0.700. The lowest BCUT2D eigenvalue weighted by atomic mass is 9.97.